The molecule has 0 spiro atoms. The molecular formula is C14H18N4OS. The van der Waals surface area contributed by atoms with Gasteiger partial charge in [0.2, 0.25) is 0 Å². The second-order valence-corrected chi connectivity index (χ2v) is 6.23. The van der Waals surface area contributed by atoms with Gasteiger partial charge in [0.25, 0.3) is 5.91 Å². The highest BCUT2D eigenvalue weighted by atomic mass is 32.1. The zero-order chi connectivity index (χ0) is 14.3. The average Bonchev–Trinajstić information content (AvgIpc) is 2.77. The fourth-order valence-electron chi connectivity index (χ4n) is 2.76. The van der Waals surface area contributed by atoms with Crippen molar-refractivity contribution in [3.05, 3.63) is 16.5 Å². The maximum atomic E-state index is 11.4. The zero-order valence-corrected chi connectivity index (χ0v) is 12.3. The van der Waals surface area contributed by atoms with Crippen LogP contribution >= 0.6 is 11.3 Å². The van der Waals surface area contributed by atoms with Gasteiger partial charge in [0.15, 0.2) is 0 Å². The molecule has 1 aliphatic heterocycles. The summed E-state index contributed by atoms with van der Waals surface area (Å²) in [4.78, 5) is 19.6. The van der Waals surface area contributed by atoms with Gasteiger partial charge in [-0.25, -0.2) is 4.98 Å². The highest BCUT2D eigenvalue weighted by Crippen LogP contribution is 2.36. The van der Waals surface area contributed by atoms with Crippen LogP contribution in [-0.4, -0.2) is 24.0 Å². The van der Waals surface area contributed by atoms with Crippen molar-refractivity contribution < 1.29 is 4.79 Å². The van der Waals surface area contributed by atoms with Gasteiger partial charge in [0.1, 0.15) is 15.5 Å². The quantitative estimate of drug-likeness (QED) is 0.888. The van der Waals surface area contributed by atoms with Crippen molar-refractivity contribution >= 4 is 39.0 Å². The van der Waals surface area contributed by atoms with Gasteiger partial charge in [0.05, 0.1) is 5.69 Å². The first-order valence-electron chi connectivity index (χ1n) is 6.82. The van der Waals surface area contributed by atoms with Crippen LogP contribution in [0, 0.1) is 6.92 Å². The number of nitrogens with two attached hydrogens (primary N) is 2. The highest BCUT2D eigenvalue weighted by molar-refractivity contribution is 7.21. The van der Waals surface area contributed by atoms with E-state index in [2.05, 4.69) is 16.0 Å². The Kier molecular flexibility index (Phi) is 3.25. The Morgan fingerprint density at radius 2 is 2.05 bits per heavy atom. The number of pyridine rings is 1. The largest absolute Gasteiger partial charge is 0.397 e. The summed E-state index contributed by atoms with van der Waals surface area (Å²) >= 11 is 1.29. The molecule has 2 aromatic heterocycles. The van der Waals surface area contributed by atoms with Gasteiger partial charge in [0, 0.05) is 18.5 Å². The molecule has 0 unspecified atom stereocenters. The topological polar surface area (TPSA) is 85.2 Å². The van der Waals surface area contributed by atoms with Crippen LogP contribution in [0.4, 0.5) is 11.5 Å². The van der Waals surface area contributed by atoms with Crippen molar-refractivity contribution in [3.63, 3.8) is 0 Å². The molecule has 4 N–H and O–H groups in total. The second-order valence-electron chi connectivity index (χ2n) is 5.23. The lowest BCUT2D eigenvalue weighted by molar-refractivity contribution is 0.100. The van der Waals surface area contributed by atoms with E-state index in [4.69, 9.17) is 11.5 Å². The minimum absolute atomic E-state index is 0.409. The van der Waals surface area contributed by atoms with E-state index in [-0.39, 0.29) is 0 Å². The number of fused-ring (bicyclic) bond motifs is 1. The maximum Gasteiger partial charge on any atom is 0.260 e. The molecule has 106 valence electrons. The number of hydrogen-bond donors (Lipinski definition) is 2. The van der Waals surface area contributed by atoms with Gasteiger partial charge in [-0.2, -0.15) is 0 Å². The molecule has 0 atom stereocenters. The van der Waals surface area contributed by atoms with Gasteiger partial charge in [-0.1, -0.05) is 0 Å². The van der Waals surface area contributed by atoms with Crippen molar-refractivity contribution in [3.8, 4) is 0 Å². The van der Waals surface area contributed by atoms with Crippen molar-refractivity contribution in [2.24, 2.45) is 5.73 Å². The first-order chi connectivity index (χ1) is 9.58. The third kappa shape index (κ3) is 2.10. The number of primary amides is 1. The number of nitrogen functional groups attached to an aromatic ring is 1. The van der Waals surface area contributed by atoms with E-state index >= 15 is 0 Å². The number of carbonyl (C=O) groups excluding carboxylic acids is 1. The average molecular weight is 290 g/mol. The van der Waals surface area contributed by atoms with Crippen molar-refractivity contribution in [1.29, 1.82) is 0 Å². The summed E-state index contributed by atoms with van der Waals surface area (Å²) in [6.07, 6.45) is 3.70. The lowest BCUT2D eigenvalue weighted by atomic mass is 10.1. The minimum Gasteiger partial charge on any atom is -0.397 e. The summed E-state index contributed by atoms with van der Waals surface area (Å²) in [5, 5.41) is 0.865. The molecule has 3 rings (SSSR count). The number of hydrogen-bond acceptors (Lipinski definition) is 5. The molecule has 5 nitrogen and oxygen atoms in total. The maximum absolute atomic E-state index is 11.4. The van der Waals surface area contributed by atoms with E-state index in [1.54, 1.807) is 0 Å². The molecule has 1 fully saturated rings. The van der Waals surface area contributed by atoms with Crippen LogP contribution in [0.2, 0.25) is 0 Å². The van der Waals surface area contributed by atoms with Gasteiger partial charge in [-0.15, -0.1) is 11.3 Å². The SMILES string of the molecule is Cc1cc(N2CCCCC2)nc2sc(C(N)=O)c(N)c12. The fraction of sp³-hybridized carbons (Fsp3) is 0.429. The van der Waals surface area contributed by atoms with E-state index in [0.717, 1.165) is 34.7 Å². The first-order valence-corrected chi connectivity index (χ1v) is 7.64. The summed E-state index contributed by atoms with van der Waals surface area (Å²) in [5.41, 5.74) is 12.9. The van der Waals surface area contributed by atoms with Gasteiger partial charge < -0.3 is 16.4 Å². The van der Waals surface area contributed by atoms with Crippen LogP contribution in [0.5, 0.6) is 0 Å². The molecule has 6 heteroatoms. The van der Waals surface area contributed by atoms with E-state index in [1.807, 2.05) is 6.92 Å². The normalized spacial score (nSPS) is 15.8. The molecule has 0 radical (unpaired) electrons. The molecule has 20 heavy (non-hydrogen) atoms. The fourth-order valence-corrected chi connectivity index (χ4v) is 3.78. The van der Waals surface area contributed by atoms with E-state index in [1.165, 1.54) is 30.6 Å². The molecule has 1 amide bonds. The molecule has 0 aliphatic carbocycles. The Bertz CT molecular complexity index is 673. The molecule has 1 aliphatic rings. The minimum atomic E-state index is -0.482. The summed E-state index contributed by atoms with van der Waals surface area (Å²) < 4.78 is 0. The summed E-state index contributed by atoms with van der Waals surface area (Å²) in [5.74, 6) is 0.497. The zero-order valence-electron chi connectivity index (χ0n) is 11.5. The number of aryl methyl sites for hydroxylation is 1. The molecule has 0 bridgehead atoms. The Morgan fingerprint density at radius 3 is 2.70 bits per heavy atom. The van der Waals surface area contributed by atoms with E-state index in [9.17, 15) is 4.79 Å². The first kappa shape index (κ1) is 13.2. The van der Waals surface area contributed by atoms with Gasteiger partial charge in [-0.3, -0.25) is 4.79 Å². The molecule has 3 heterocycles. The number of anilines is 2. The van der Waals surface area contributed by atoms with Crippen LogP contribution in [0.1, 0.15) is 34.5 Å². The van der Waals surface area contributed by atoms with E-state index < -0.39 is 5.91 Å². The third-order valence-corrected chi connectivity index (χ3v) is 4.90. The number of carbonyl (C=O) groups is 1. The summed E-state index contributed by atoms with van der Waals surface area (Å²) in [6.45, 7) is 4.09. The van der Waals surface area contributed by atoms with Crippen LogP contribution < -0.4 is 16.4 Å². The smallest absolute Gasteiger partial charge is 0.260 e. The lowest BCUT2D eigenvalue weighted by Crippen LogP contribution is -2.30. The van der Waals surface area contributed by atoms with Gasteiger partial charge in [-0.05, 0) is 37.8 Å². The summed E-state index contributed by atoms with van der Waals surface area (Å²) in [6, 6.07) is 2.06. The van der Waals surface area contributed by atoms with Crippen LogP contribution in [0.25, 0.3) is 10.2 Å². The van der Waals surface area contributed by atoms with Crippen molar-refractivity contribution in [1.82, 2.24) is 4.98 Å². The number of thiophene rings is 1. The molecule has 0 aromatic carbocycles. The van der Waals surface area contributed by atoms with E-state index in [0.29, 0.717) is 10.6 Å². The number of nitrogens with zero attached hydrogens (tertiary/aromatic N) is 2. The summed E-state index contributed by atoms with van der Waals surface area (Å²) in [7, 11) is 0. The molecular weight excluding hydrogens is 272 g/mol. The van der Waals surface area contributed by atoms with Crippen molar-refractivity contribution in [2.45, 2.75) is 26.2 Å². The number of piperidine rings is 1. The second kappa shape index (κ2) is 4.94. The predicted molar refractivity (Wildman–Crippen MR) is 83.4 cm³/mol. The van der Waals surface area contributed by atoms with Crippen LogP contribution in [0.3, 0.4) is 0 Å². The third-order valence-electron chi connectivity index (χ3n) is 3.79. The number of amides is 1. The molecule has 0 saturated carbocycles. The monoisotopic (exact) mass is 290 g/mol. The highest BCUT2D eigenvalue weighted by Gasteiger charge is 2.19. The predicted octanol–water partition coefficient (Wildman–Crippen LogP) is 2.28. The molecule has 2 aromatic rings. The number of aromatic nitrogens is 1. The standard InChI is InChI=1S/C14H18N4OS/c1-8-7-9(18-5-3-2-4-6-18)17-14-10(8)11(15)12(20-14)13(16)19/h7H,2-6,15H2,1H3,(H2,16,19). The van der Waals surface area contributed by atoms with Crippen LogP contribution in [-0.2, 0) is 0 Å². The van der Waals surface area contributed by atoms with Crippen LogP contribution in [0.15, 0.2) is 6.07 Å². The lowest BCUT2D eigenvalue weighted by Gasteiger charge is -2.28. The van der Waals surface area contributed by atoms with Crippen molar-refractivity contribution in [2.75, 3.05) is 23.7 Å². The van der Waals surface area contributed by atoms with Gasteiger partial charge >= 0.3 is 0 Å². The Balaban J connectivity index is 2.11. The Labute approximate surface area is 121 Å². The number of rotatable bonds is 2. The Morgan fingerprint density at radius 1 is 1.35 bits per heavy atom. The Hall–Kier alpha value is -1.82. The molecule has 1 saturated heterocycles.